The molecule has 27 heavy (non-hydrogen) atoms. The van der Waals surface area contributed by atoms with Gasteiger partial charge in [-0.25, -0.2) is 4.39 Å². The molecular formula is C19H18FN5O2. The van der Waals surface area contributed by atoms with Gasteiger partial charge in [0.15, 0.2) is 5.82 Å². The lowest BCUT2D eigenvalue weighted by molar-refractivity contribution is -0.117. The summed E-state index contributed by atoms with van der Waals surface area (Å²) in [5, 5.41) is 12.4. The molecule has 0 aliphatic heterocycles. The van der Waals surface area contributed by atoms with Crippen LogP contribution in [0.3, 0.4) is 0 Å². The van der Waals surface area contributed by atoms with Crippen molar-refractivity contribution in [3.05, 3.63) is 66.1 Å². The molecule has 0 radical (unpaired) electrons. The van der Waals surface area contributed by atoms with Gasteiger partial charge < -0.3 is 16.4 Å². The molecule has 0 unspecified atom stereocenters. The molecule has 8 heteroatoms. The van der Waals surface area contributed by atoms with Crippen molar-refractivity contribution in [1.29, 1.82) is 0 Å². The third-order valence-corrected chi connectivity index (χ3v) is 3.83. The van der Waals surface area contributed by atoms with Crippen molar-refractivity contribution in [1.82, 2.24) is 15.5 Å². The van der Waals surface area contributed by atoms with Crippen LogP contribution < -0.4 is 16.4 Å². The van der Waals surface area contributed by atoms with Crippen LogP contribution in [0.2, 0.25) is 0 Å². The second-order valence-electron chi connectivity index (χ2n) is 5.77. The van der Waals surface area contributed by atoms with E-state index in [2.05, 4.69) is 20.8 Å². The van der Waals surface area contributed by atoms with Gasteiger partial charge in [0, 0.05) is 24.2 Å². The first kappa shape index (κ1) is 18.1. The number of nitrogens with zero attached hydrogens (tertiary/aromatic N) is 1. The average molecular weight is 367 g/mol. The molecule has 0 atom stereocenters. The van der Waals surface area contributed by atoms with Gasteiger partial charge in [-0.15, -0.1) is 0 Å². The van der Waals surface area contributed by atoms with Crippen molar-refractivity contribution >= 4 is 23.3 Å². The van der Waals surface area contributed by atoms with Gasteiger partial charge in [-0.05, 0) is 18.2 Å². The number of aromatic nitrogens is 2. The van der Waals surface area contributed by atoms with Crippen molar-refractivity contribution in [2.24, 2.45) is 5.73 Å². The molecule has 0 saturated heterocycles. The van der Waals surface area contributed by atoms with E-state index in [9.17, 15) is 14.0 Å². The molecular weight excluding hydrogens is 349 g/mol. The number of primary amides is 1. The van der Waals surface area contributed by atoms with Crippen molar-refractivity contribution < 1.29 is 14.0 Å². The molecule has 0 fully saturated rings. The number of hydrogen-bond acceptors (Lipinski definition) is 4. The number of anilines is 2. The van der Waals surface area contributed by atoms with Gasteiger partial charge in [-0.1, -0.05) is 36.4 Å². The van der Waals surface area contributed by atoms with E-state index in [1.807, 2.05) is 30.3 Å². The van der Waals surface area contributed by atoms with E-state index in [4.69, 9.17) is 5.73 Å². The summed E-state index contributed by atoms with van der Waals surface area (Å²) in [7, 11) is 0. The summed E-state index contributed by atoms with van der Waals surface area (Å²) in [5.41, 5.74) is 6.43. The first-order chi connectivity index (χ1) is 13.1. The zero-order valence-corrected chi connectivity index (χ0v) is 14.3. The monoisotopic (exact) mass is 367 g/mol. The molecule has 3 aromatic rings. The van der Waals surface area contributed by atoms with Crippen LogP contribution in [0.4, 0.5) is 15.9 Å². The normalized spacial score (nSPS) is 10.4. The van der Waals surface area contributed by atoms with Crippen LogP contribution in [0.5, 0.6) is 0 Å². The average Bonchev–Trinajstić information content (AvgIpc) is 3.06. The largest absolute Gasteiger partial charge is 0.370 e. The zero-order chi connectivity index (χ0) is 19.2. The number of benzene rings is 2. The lowest BCUT2D eigenvalue weighted by Gasteiger charge is -2.09. The Kier molecular flexibility index (Phi) is 5.46. The predicted molar refractivity (Wildman–Crippen MR) is 99.9 cm³/mol. The predicted octanol–water partition coefficient (Wildman–Crippen LogP) is 2.56. The molecule has 2 amide bonds. The van der Waals surface area contributed by atoms with Gasteiger partial charge in [0.05, 0.1) is 5.56 Å². The van der Waals surface area contributed by atoms with Crippen molar-refractivity contribution in [2.75, 3.05) is 11.9 Å². The quantitative estimate of drug-likeness (QED) is 0.514. The Balaban J connectivity index is 1.97. The molecule has 7 nitrogen and oxygen atoms in total. The smallest absolute Gasteiger partial charge is 0.270 e. The molecule has 3 rings (SSSR count). The SMILES string of the molecule is NC(=O)CCNC(=O)c1[nH]nc(Nc2ccccc2)c1-c1ccccc1F. The number of carbonyl (C=O) groups excluding carboxylic acids is 2. The van der Waals surface area contributed by atoms with Gasteiger partial charge >= 0.3 is 0 Å². The highest BCUT2D eigenvalue weighted by molar-refractivity contribution is 6.02. The Morgan fingerprint density at radius 2 is 1.78 bits per heavy atom. The minimum Gasteiger partial charge on any atom is -0.370 e. The number of nitrogens with two attached hydrogens (primary N) is 1. The second kappa shape index (κ2) is 8.13. The van der Waals surface area contributed by atoms with E-state index in [1.165, 1.54) is 6.07 Å². The fraction of sp³-hybridized carbons (Fsp3) is 0.105. The summed E-state index contributed by atoms with van der Waals surface area (Å²) >= 11 is 0. The molecule has 1 aromatic heterocycles. The number of hydrogen-bond donors (Lipinski definition) is 4. The summed E-state index contributed by atoms with van der Waals surface area (Å²) in [6.07, 6.45) is 0.00400. The highest BCUT2D eigenvalue weighted by atomic mass is 19.1. The summed E-state index contributed by atoms with van der Waals surface area (Å²) in [4.78, 5) is 23.4. The Morgan fingerprint density at radius 3 is 2.48 bits per heavy atom. The summed E-state index contributed by atoms with van der Waals surface area (Å²) in [6, 6.07) is 15.3. The van der Waals surface area contributed by atoms with Crippen LogP contribution in [0.15, 0.2) is 54.6 Å². The van der Waals surface area contributed by atoms with Gasteiger partial charge in [0.25, 0.3) is 5.91 Å². The maximum Gasteiger partial charge on any atom is 0.270 e. The summed E-state index contributed by atoms with van der Waals surface area (Å²) < 4.78 is 14.4. The number of aromatic amines is 1. The van der Waals surface area contributed by atoms with Gasteiger partial charge in [-0.2, -0.15) is 5.10 Å². The van der Waals surface area contributed by atoms with Gasteiger partial charge in [0.1, 0.15) is 11.5 Å². The van der Waals surface area contributed by atoms with E-state index in [0.29, 0.717) is 11.4 Å². The van der Waals surface area contributed by atoms with Crippen LogP contribution in [0.1, 0.15) is 16.9 Å². The number of amides is 2. The first-order valence-electron chi connectivity index (χ1n) is 8.28. The molecule has 2 aromatic carbocycles. The fourth-order valence-electron chi connectivity index (χ4n) is 2.57. The minimum absolute atomic E-state index is 0.00400. The molecule has 138 valence electrons. The topological polar surface area (TPSA) is 113 Å². The van der Waals surface area contributed by atoms with Crippen molar-refractivity contribution in [2.45, 2.75) is 6.42 Å². The highest BCUT2D eigenvalue weighted by Gasteiger charge is 2.23. The number of nitrogens with one attached hydrogen (secondary N) is 3. The van der Waals surface area contributed by atoms with E-state index in [0.717, 1.165) is 5.69 Å². The van der Waals surface area contributed by atoms with E-state index in [-0.39, 0.29) is 24.2 Å². The summed E-state index contributed by atoms with van der Waals surface area (Å²) in [5.74, 6) is -1.21. The zero-order valence-electron chi connectivity index (χ0n) is 14.3. The molecule has 0 aliphatic rings. The van der Waals surface area contributed by atoms with E-state index < -0.39 is 17.6 Å². The minimum atomic E-state index is -0.527. The lowest BCUT2D eigenvalue weighted by Crippen LogP contribution is -2.28. The third kappa shape index (κ3) is 4.30. The highest BCUT2D eigenvalue weighted by Crippen LogP contribution is 2.33. The number of para-hydroxylation sites is 1. The number of H-pyrrole nitrogens is 1. The van der Waals surface area contributed by atoms with Gasteiger partial charge in [-0.3, -0.25) is 14.7 Å². The molecule has 1 heterocycles. The van der Waals surface area contributed by atoms with Crippen LogP contribution in [0, 0.1) is 5.82 Å². The van der Waals surface area contributed by atoms with Crippen LogP contribution in [-0.4, -0.2) is 28.6 Å². The Bertz CT molecular complexity index is 956. The molecule has 0 bridgehead atoms. The maximum atomic E-state index is 14.4. The second-order valence-corrected chi connectivity index (χ2v) is 5.77. The van der Waals surface area contributed by atoms with E-state index >= 15 is 0 Å². The number of carbonyl (C=O) groups is 2. The Labute approximate surface area is 154 Å². The first-order valence-corrected chi connectivity index (χ1v) is 8.28. The molecule has 5 N–H and O–H groups in total. The standard InChI is InChI=1S/C19H18FN5O2/c20-14-9-5-4-8-13(14)16-17(19(27)22-11-10-15(21)26)24-25-18(16)23-12-6-2-1-3-7-12/h1-9H,10-11H2,(H2,21,26)(H,22,27)(H2,23,24,25). The van der Waals surface area contributed by atoms with Crippen LogP contribution in [0.25, 0.3) is 11.1 Å². The molecule has 0 aliphatic carbocycles. The van der Waals surface area contributed by atoms with E-state index in [1.54, 1.807) is 18.2 Å². The molecule has 0 spiro atoms. The number of halogens is 1. The fourth-order valence-corrected chi connectivity index (χ4v) is 2.57. The van der Waals surface area contributed by atoms with Crippen LogP contribution >= 0.6 is 0 Å². The number of rotatable bonds is 7. The molecule has 0 saturated carbocycles. The van der Waals surface area contributed by atoms with Gasteiger partial charge in [0.2, 0.25) is 5.91 Å². The Hall–Kier alpha value is -3.68. The summed E-state index contributed by atoms with van der Waals surface area (Å²) in [6.45, 7) is 0.0747. The van der Waals surface area contributed by atoms with Crippen molar-refractivity contribution in [3.8, 4) is 11.1 Å². The maximum absolute atomic E-state index is 14.4. The van der Waals surface area contributed by atoms with Crippen molar-refractivity contribution in [3.63, 3.8) is 0 Å². The Morgan fingerprint density at radius 1 is 1.07 bits per heavy atom. The lowest BCUT2D eigenvalue weighted by atomic mass is 10.0. The van der Waals surface area contributed by atoms with Crippen LogP contribution in [-0.2, 0) is 4.79 Å². The third-order valence-electron chi connectivity index (χ3n) is 3.83.